The van der Waals surface area contributed by atoms with Gasteiger partial charge in [-0.15, -0.1) is 0 Å². The summed E-state index contributed by atoms with van der Waals surface area (Å²) in [5, 5.41) is 0. The maximum absolute atomic E-state index is 11.7. The molecule has 4 saturated heterocycles. The first kappa shape index (κ1) is 16.4. The number of methoxy groups -OCH3 is 1. The Labute approximate surface area is 154 Å². The smallest absolute Gasteiger partial charge is 0.306 e. The van der Waals surface area contributed by atoms with Gasteiger partial charge in [-0.05, 0) is 49.5 Å². The molecule has 6 nitrogen and oxygen atoms in total. The molecule has 140 valence electrons. The van der Waals surface area contributed by atoms with E-state index in [9.17, 15) is 4.79 Å². The third-order valence-electron chi connectivity index (χ3n) is 6.75. The Bertz CT molecular complexity index is 701. The van der Waals surface area contributed by atoms with Gasteiger partial charge < -0.3 is 14.2 Å². The number of ether oxygens (including phenoxy) is 3. The molecule has 0 aliphatic carbocycles. The van der Waals surface area contributed by atoms with Crippen molar-refractivity contribution in [3.63, 3.8) is 0 Å². The maximum atomic E-state index is 11.7. The van der Waals surface area contributed by atoms with Crippen LogP contribution in [0, 0.1) is 5.92 Å². The van der Waals surface area contributed by atoms with Gasteiger partial charge in [0.25, 0.3) is 0 Å². The van der Waals surface area contributed by atoms with E-state index in [-0.39, 0.29) is 5.97 Å². The minimum Gasteiger partial charge on any atom is -0.469 e. The van der Waals surface area contributed by atoms with Gasteiger partial charge in [0, 0.05) is 31.1 Å². The fourth-order valence-corrected chi connectivity index (χ4v) is 5.57. The van der Waals surface area contributed by atoms with E-state index in [1.54, 1.807) is 0 Å². The molecule has 3 atom stereocenters. The molecular formula is C20H26N2O4. The topological polar surface area (TPSA) is 51.2 Å². The van der Waals surface area contributed by atoms with Crippen molar-refractivity contribution < 1.29 is 19.0 Å². The second-order valence-electron chi connectivity index (χ2n) is 7.89. The normalized spacial score (nSPS) is 34.7. The van der Waals surface area contributed by atoms with Crippen LogP contribution in [-0.2, 0) is 9.53 Å². The Morgan fingerprint density at radius 3 is 2.81 bits per heavy atom. The van der Waals surface area contributed by atoms with Crippen LogP contribution in [0.4, 0.5) is 0 Å². The lowest BCUT2D eigenvalue weighted by molar-refractivity contribution is -0.141. The van der Waals surface area contributed by atoms with Crippen molar-refractivity contribution in [1.82, 2.24) is 9.80 Å². The SMILES string of the molecule is COC(=O)CCN1C[C@H](c2ccc3c(c2)OCO3)[C@@H]2[C@H]1C1CCN2CC1. The van der Waals surface area contributed by atoms with Gasteiger partial charge in [0.2, 0.25) is 6.79 Å². The van der Waals surface area contributed by atoms with E-state index in [0.29, 0.717) is 31.2 Å². The summed E-state index contributed by atoms with van der Waals surface area (Å²) < 4.78 is 15.9. The summed E-state index contributed by atoms with van der Waals surface area (Å²) in [6.45, 7) is 4.52. The van der Waals surface area contributed by atoms with Crippen LogP contribution in [0.25, 0.3) is 0 Å². The van der Waals surface area contributed by atoms with Crippen LogP contribution in [-0.4, -0.2) is 67.9 Å². The molecule has 0 aromatic heterocycles. The molecule has 2 bridgehead atoms. The molecule has 0 radical (unpaired) electrons. The van der Waals surface area contributed by atoms with Crippen molar-refractivity contribution in [2.75, 3.05) is 40.1 Å². The molecule has 0 spiro atoms. The molecule has 5 heterocycles. The van der Waals surface area contributed by atoms with Gasteiger partial charge in [0.05, 0.1) is 13.5 Å². The average Bonchev–Trinajstić information content (AvgIpc) is 3.32. The molecule has 0 N–H and O–H groups in total. The number of esters is 1. The summed E-state index contributed by atoms with van der Waals surface area (Å²) >= 11 is 0. The number of hydrogen-bond acceptors (Lipinski definition) is 6. The van der Waals surface area contributed by atoms with Gasteiger partial charge in [-0.1, -0.05) is 6.07 Å². The molecule has 0 unspecified atom stereocenters. The summed E-state index contributed by atoms with van der Waals surface area (Å²) in [4.78, 5) is 16.9. The first-order chi connectivity index (χ1) is 12.7. The highest BCUT2D eigenvalue weighted by Crippen LogP contribution is 2.47. The molecule has 5 aliphatic heterocycles. The largest absolute Gasteiger partial charge is 0.469 e. The number of carbonyl (C=O) groups is 1. The zero-order chi connectivity index (χ0) is 17.7. The molecule has 4 fully saturated rings. The lowest BCUT2D eigenvalue weighted by atomic mass is 9.75. The number of likely N-dealkylation sites (tertiary alicyclic amines) is 1. The first-order valence-electron chi connectivity index (χ1n) is 9.69. The van der Waals surface area contributed by atoms with E-state index in [0.717, 1.165) is 30.5 Å². The molecule has 6 rings (SSSR count). The highest BCUT2D eigenvalue weighted by atomic mass is 16.7. The summed E-state index contributed by atoms with van der Waals surface area (Å²) in [6, 6.07) is 7.50. The van der Waals surface area contributed by atoms with E-state index in [4.69, 9.17) is 14.2 Å². The van der Waals surface area contributed by atoms with E-state index < -0.39 is 0 Å². The second-order valence-corrected chi connectivity index (χ2v) is 7.89. The van der Waals surface area contributed by atoms with Gasteiger partial charge in [-0.25, -0.2) is 0 Å². The van der Waals surface area contributed by atoms with Gasteiger partial charge in [0.1, 0.15) is 0 Å². The number of benzene rings is 1. The predicted octanol–water partition coefficient (Wildman–Crippen LogP) is 1.84. The van der Waals surface area contributed by atoms with Crippen LogP contribution in [0.15, 0.2) is 18.2 Å². The Kier molecular flexibility index (Phi) is 4.05. The van der Waals surface area contributed by atoms with Crippen molar-refractivity contribution in [2.24, 2.45) is 5.92 Å². The van der Waals surface area contributed by atoms with Gasteiger partial charge in [-0.3, -0.25) is 14.6 Å². The highest BCUT2D eigenvalue weighted by Gasteiger charge is 2.53. The number of nitrogens with zero attached hydrogens (tertiary/aromatic N) is 2. The van der Waals surface area contributed by atoms with Crippen molar-refractivity contribution in [3.8, 4) is 11.5 Å². The second kappa shape index (κ2) is 6.43. The van der Waals surface area contributed by atoms with Crippen molar-refractivity contribution in [1.29, 1.82) is 0 Å². The standard InChI is InChI=1S/C20H26N2O4/c1-24-18(23)6-9-22-11-15(14-2-3-16-17(10-14)26-12-25-16)20-19(22)13-4-7-21(20)8-5-13/h2-3,10,13,15,19-20H,4-9,11-12H2,1H3/t15-,19-,20-/m1/s1. The van der Waals surface area contributed by atoms with Gasteiger partial charge in [-0.2, -0.15) is 0 Å². The van der Waals surface area contributed by atoms with E-state index in [1.165, 1.54) is 38.6 Å². The Balaban J connectivity index is 1.43. The minimum absolute atomic E-state index is 0.116. The minimum atomic E-state index is -0.116. The maximum Gasteiger partial charge on any atom is 0.306 e. The number of rotatable bonds is 4. The molecule has 26 heavy (non-hydrogen) atoms. The molecular weight excluding hydrogens is 332 g/mol. The van der Waals surface area contributed by atoms with Gasteiger partial charge in [0.15, 0.2) is 11.5 Å². The lowest BCUT2D eigenvalue weighted by Crippen LogP contribution is -2.60. The fraction of sp³-hybridized carbons (Fsp3) is 0.650. The summed E-state index contributed by atoms with van der Waals surface area (Å²) in [7, 11) is 1.47. The molecule has 0 amide bonds. The van der Waals surface area contributed by atoms with Crippen LogP contribution in [0.3, 0.4) is 0 Å². The number of piperidine rings is 3. The lowest BCUT2D eigenvalue weighted by Gasteiger charge is -2.51. The summed E-state index contributed by atoms with van der Waals surface area (Å²) in [5.74, 6) is 2.80. The number of hydrogen-bond donors (Lipinski definition) is 0. The van der Waals surface area contributed by atoms with Crippen molar-refractivity contribution in [2.45, 2.75) is 37.3 Å². The zero-order valence-electron chi connectivity index (χ0n) is 15.2. The highest BCUT2D eigenvalue weighted by molar-refractivity contribution is 5.69. The zero-order valence-corrected chi connectivity index (χ0v) is 15.2. The van der Waals surface area contributed by atoms with E-state index in [2.05, 4.69) is 21.9 Å². The summed E-state index contributed by atoms with van der Waals surface area (Å²) in [5.41, 5.74) is 1.33. The van der Waals surface area contributed by atoms with Crippen LogP contribution in [0.1, 0.15) is 30.7 Å². The number of fused-ring (bicyclic) bond motifs is 3. The van der Waals surface area contributed by atoms with E-state index >= 15 is 0 Å². The van der Waals surface area contributed by atoms with Crippen LogP contribution in [0.5, 0.6) is 11.5 Å². The molecule has 5 aliphatic rings. The Morgan fingerprint density at radius 1 is 1.19 bits per heavy atom. The van der Waals surface area contributed by atoms with Crippen LogP contribution >= 0.6 is 0 Å². The predicted molar refractivity (Wildman–Crippen MR) is 95.4 cm³/mol. The molecule has 6 heteroatoms. The quantitative estimate of drug-likeness (QED) is 0.766. The van der Waals surface area contributed by atoms with Gasteiger partial charge >= 0.3 is 5.97 Å². The van der Waals surface area contributed by atoms with Crippen molar-refractivity contribution in [3.05, 3.63) is 23.8 Å². The summed E-state index contributed by atoms with van der Waals surface area (Å²) in [6.07, 6.45) is 3.04. The van der Waals surface area contributed by atoms with E-state index in [1.807, 2.05) is 6.07 Å². The van der Waals surface area contributed by atoms with Crippen LogP contribution in [0.2, 0.25) is 0 Å². The monoisotopic (exact) mass is 358 g/mol. The Hall–Kier alpha value is -1.79. The third kappa shape index (κ3) is 2.58. The fourth-order valence-electron chi connectivity index (χ4n) is 5.57. The first-order valence-corrected chi connectivity index (χ1v) is 9.69. The Morgan fingerprint density at radius 2 is 2.00 bits per heavy atom. The van der Waals surface area contributed by atoms with Crippen LogP contribution < -0.4 is 9.47 Å². The van der Waals surface area contributed by atoms with Crippen molar-refractivity contribution >= 4 is 5.97 Å². The number of carbonyl (C=O) groups excluding carboxylic acids is 1. The molecule has 0 saturated carbocycles. The molecule has 1 aromatic carbocycles. The average molecular weight is 358 g/mol. The molecule has 1 aromatic rings. The third-order valence-corrected chi connectivity index (χ3v) is 6.75.